The molecular formula is C23H27N5O4. The summed E-state index contributed by atoms with van der Waals surface area (Å²) in [5.41, 5.74) is 2.26. The molecule has 1 unspecified atom stereocenters. The Bertz CT molecular complexity index is 1110. The molecule has 0 aliphatic carbocycles. The number of morpholine rings is 1. The number of aromatic nitrogens is 3. The van der Waals surface area contributed by atoms with E-state index < -0.39 is 6.10 Å². The summed E-state index contributed by atoms with van der Waals surface area (Å²) >= 11 is 0. The lowest BCUT2D eigenvalue weighted by Gasteiger charge is -2.32. The third kappa shape index (κ3) is 4.63. The van der Waals surface area contributed by atoms with E-state index in [-0.39, 0.29) is 11.8 Å². The number of nitrogens with zero attached hydrogens (tertiary/aromatic N) is 4. The molecule has 1 fully saturated rings. The highest BCUT2D eigenvalue weighted by Crippen LogP contribution is 2.26. The van der Waals surface area contributed by atoms with Gasteiger partial charge in [0.05, 0.1) is 36.5 Å². The Balaban J connectivity index is 1.59. The van der Waals surface area contributed by atoms with Crippen LogP contribution in [0.1, 0.15) is 39.6 Å². The van der Waals surface area contributed by atoms with Crippen LogP contribution < -0.4 is 5.32 Å². The van der Waals surface area contributed by atoms with Crippen molar-refractivity contribution in [3.05, 3.63) is 59.5 Å². The van der Waals surface area contributed by atoms with E-state index in [1.54, 1.807) is 35.0 Å². The molecule has 2 aromatic heterocycles. The van der Waals surface area contributed by atoms with Crippen molar-refractivity contribution in [3.63, 3.8) is 0 Å². The maximum Gasteiger partial charge on any atom is 0.274 e. The van der Waals surface area contributed by atoms with Gasteiger partial charge in [0, 0.05) is 38.3 Å². The molecular weight excluding hydrogens is 410 g/mol. The van der Waals surface area contributed by atoms with Gasteiger partial charge in [-0.2, -0.15) is 5.10 Å². The minimum atomic E-state index is -0.434. The van der Waals surface area contributed by atoms with Crippen LogP contribution in [0.2, 0.25) is 0 Å². The monoisotopic (exact) mass is 437 g/mol. The molecule has 1 atom stereocenters. The Kier molecular flexibility index (Phi) is 6.77. The van der Waals surface area contributed by atoms with Gasteiger partial charge in [-0.1, -0.05) is 18.2 Å². The van der Waals surface area contributed by atoms with Crippen LogP contribution in [-0.2, 0) is 16.0 Å². The van der Waals surface area contributed by atoms with Crippen LogP contribution in [0.25, 0.3) is 10.9 Å². The van der Waals surface area contributed by atoms with E-state index in [1.807, 2.05) is 31.2 Å². The second-order valence-electron chi connectivity index (χ2n) is 7.53. The van der Waals surface area contributed by atoms with E-state index in [4.69, 9.17) is 14.5 Å². The average molecular weight is 438 g/mol. The van der Waals surface area contributed by atoms with Crippen molar-refractivity contribution >= 4 is 22.7 Å². The van der Waals surface area contributed by atoms with E-state index in [0.717, 1.165) is 5.39 Å². The zero-order valence-corrected chi connectivity index (χ0v) is 18.3. The highest BCUT2D eigenvalue weighted by Gasteiger charge is 2.29. The summed E-state index contributed by atoms with van der Waals surface area (Å²) in [6, 6.07) is 11.0. The van der Waals surface area contributed by atoms with Crippen molar-refractivity contribution in [3.8, 4) is 0 Å². The predicted octanol–water partition coefficient (Wildman–Crippen LogP) is 2.04. The number of para-hydroxylation sites is 1. The molecule has 1 N–H and O–H groups in total. The number of hydrogen-bond donors (Lipinski definition) is 1. The number of nitrogens with one attached hydrogen (secondary N) is 1. The molecule has 9 nitrogen and oxygen atoms in total. The van der Waals surface area contributed by atoms with Gasteiger partial charge in [-0.3, -0.25) is 14.3 Å². The molecule has 0 spiro atoms. The molecule has 3 heterocycles. The summed E-state index contributed by atoms with van der Waals surface area (Å²) in [5, 5.41) is 7.96. The Hall–Kier alpha value is -3.30. The van der Waals surface area contributed by atoms with Crippen LogP contribution in [0, 0.1) is 0 Å². The number of hydrogen-bond acceptors (Lipinski definition) is 6. The molecule has 168 valence electrons. The van der Waals surface area contributed by atoms with Crippen LogP contribution in [0.5, 0.6) is 0 Å². The molecule has 0 saturated carbocycles. The number of ether oxygens (including phenoxy) is 2. The van der Waals surface area contributed by atoms with Crippen molar-refractivity contribution in [2.24, 2.45) is 0 Å². The molecule has 2 amide bonds. The second-order valence-corrected chi connectivity index (χ2v) is 7.53. The topological polar surface area (TPSA) is 98.6 Å². The van der Waals surface area contributed by atoms with Crippen molar-refractivity contribution in [1.29, 1.82) is 0 Å². The molecule has 0 bridgehead atoms. The summed E-state index contributed by atoms with van der Waals surface area (Å²) in [6.07, 6.45) is 1.36. The lowest BCUT2D eigenvalue weighted by molar-refractivity contribution is -0.0248. The molecule has 3 aromatic rings. The summed E-state index contributed by atoms with van der Waals surface area (Å²) < 4.78 is 12.7. The molecule has 1 aromatic carbocycles. The lowest BCUT2D eigenvalue weighted by atomic mass is 10.0. The number of methoxy groups -OCH3 is 1. The summed E-state index contributed by atoms with van der Waals surface area (Å²) in [6.45, 7) is 4.72. The van der Waals surface area contributed by atoms with E-state index in [0.29, 0.717) is 61.9 Å². The molecule has 1 aliphatic rings. The van der Waals surface area contributed by atoms with Gasteiger partial charge in [0.25, 0.3) is 11.8 Å². The first kappa shape index (κ1) is 21.9. The Labute approximate surface area is 186 Å². The number of fused-ring (bicyclic) bond motifs is 1. The largest absolute Gasteiger partial charge is 0.383 e. The highest BCUT2D eigenvalue weighted by atomic mass is 16.5. The zero-order chi connectivity index (χ0) is 22.5. The maximum atomic E-state index is 12.9. The molecule has 4 rings (SSSR count). The maximum absolute atomic E-state index is 12.9. The third-order valence-corrected chi connectivity index (χ3v) is 5.44. The Morgan fingerprint density at radius 1 is 1.28 bits per heavy atom. The highest BCUT2D eigenvalue weighted by molar-refractivity contribution is 6.06. The quantitative estimate of drug-likeness (QED) is 0.568. The summed E-state index contributed by atoms with van der Waals surface area (Å²) in [4.78, 5) is 32.2. The van der Waals surface area contributed by atoms with Gasteiger partial charge < -0.3 is 19.7 Å². The van der Waals surface area contributed by atoms with Crippen molar-refractivity contribution < 1.29 is 19.1 Å². The van der Waals surface area contributed by atoms with E-state index in [9.17, 15) is 9.59 Å². The number of rotatable bonds is 7. The Morgan fingerprint density at radius 3 is 2.91 bits per heavy atom. The SMILES string of the molecule is CCn1ccc(C(=O)N2CCOC(c3cc(C(=O)NCCOC)c4ccccc4n3)C2)n1. The van der Waals surface area contributed by atoms with Crippen LogP contribution in [0.3, 0.4) is 0 Å². The zero-order valence-electron chi connectivity index (χ0n) is 18.3. The fraction of sp³-hybridized carbons (Fsp3) is 0.391. The molecule has 0 radical (unpaired) electrons. The van der Waals surface area contributed by atoms with Gasteiger partial charge >= 0.3 is 0 Å². The second kappa shape index (κ2) is 9.88. The summed E-state index contributed by atoms with van der Waals surface area (Å²) in [5.74, 6) is -0.334. The van der Waals surface area contributed by atoms with Crippen LogP contribution in [-0.4, -0.2) is 71.4 Å². The number of amides is 2. The van der Waals surface area contributed by atoms with Gasteiger partial charge in [0.15, 0.2) is 0 Å². The van der Waals surface area contributed by atoms with Crippen molar-refractivity contribution in [2.75, 3.05) is 40.0 Å². The molecule has 32 heavy (non-hydrogen) atoms. The van der Waals surface area contributed by atoms with Crippen molar-refractivity contribution in [2.45, 2.75) is 19.6 Å². The molecule has 1 aliphatic heterocycles. The number of carbonyl (C=O) groups is 2. The number of pyridine rings is 1. The van der Waals surface area contributed by atoms with Gasteiger partial charge in [-0.25, -0.2) is 4.98 Å². The van der Waals surface area contributed by atoms with Crippen molar-refractivity contribution in [1.82, 2.24) is 25.0 Å². The van der Waals surface area contributed by atoms with E-state index >= 15 is 0 Å². The fourth-order valence-corrected chi connectivity index (χ4v) is 3.74. The minimum Gasteiger partial charge on any atom is -0.383 e. The Morgan fingerprint density at radius 2 is 2.12 bits per heavy atom. The normalized spacial score (nSPS) is 16.3. The lowest BCUT2D eigenvalue weighted by Crippen LogP contribution is -2.42. The van der Waals surface area contributed by atoms with Gasteiger partial charge in [0.1, 0.15) is 11.8 Å². The van der Waals surface area contributed by atoms with E-state index in [1.165, 1.54) is 0 Å². The third-order valence-electron chi connectivity index (χ3n) is 5.44. The summed E-state index contributed by atoms with van der Waals surface area (Å²) in [7, 11) is 1.59. The van der Waals surface area contributed by atoms with Gasteiger partial charge in [0.2, 0.25) is 0 Å². The number of carbonyl (C=O) groups excluding carboxylic acids is 2. The minimum absolute atomic E-state index is 0.135. The smallest absolute Gasteiger partial charge is 0.274 e. The first-order valence-electron chi connectivity index (χ1n) is 10.7. The number of aryl methyl sites for hydroxylation is 1. The van der Waals surface area contributed by atoms with Crippen LogP contribution in [0.4, 0.5) is 0 Å². The molecule has 9 heteroatoms. The number of benzene rings is 1. The van der Waals surface area contributed by atoms with E-state index in [2.05, 4.69) is 10.4 Å². The molecule has 1 saturated heterocycles. The first-order valence-corrected chi connectivity index (χ1v) is 10.7. The fourth-order valence-electron chi connectivity index (χ4n) is 3.74. The predicted molar refractivity (Wildman–Crippen MR) is 118 cm³/mol. The van der Waals surface area contributed by atoms with Gasteiger partial charge in [-0.15, -0.1) is 0 Å². The standard InChI is InChI=1S/C23H27N5O4/c1-3-28-10-8-19(26-28)23(30)27-11-13-32-21(15-27)20-14-17(22(29)24-9-12-31-2)16-6-4-5-7-18(16)25-20/h4-8,10,14,21H,3,9,11-13,15H2,1-2H3,(H,24,29). The van der Waals surface area contributed by atoms with Crippen LogP contribution in [0.15, 0.2) is 42.6 Å². The van der Waals surface area contributed by atoms with Crippen LogP contribution >= 0.6 is 0 Å². The first-order chi connectivity index (χ1) is 15.6. The van der Waals surface area contributed by atoms with Gasteiger partial charge in [-0.05, 0) is 25.1 Å². The average Bonchev–Trinajstić information content (AvgIpc) is 3.32.